The van der Waals surface area contributed by atoms with Crippen molar-refractivity contribution in [2.24, 2.45) is 4.99 Å². The number of fused-ring (bicyclic) bond motifs is 3. The molecule has 0 unspecified atom stereocenters. The van der Waals surface area contributed by atoms with Gasteiger partial charge in [0.15, 0.2) is 11.6 Å². The standard InChI is InChI=1S/C19H20N6OS/c1-24(2)26-12-18-23-22-17-11-21-19(15-6-4-5-9-20-15)14-10-13(27-3)7-8-16(14)25(17)18/h4-10H,11-12H2,1-3H3. The molecule has 3 aromatic rings. The average molecular weight is 380 g/mol. The minimum Gasteiger partial charge on any atom is -0.291 e. The van der Waals surface area contributed by atoms with Crippen LogP contribution in [0.1, 0.15) is 22.9 Å². The van der Waals surface area contributed by atoms with Crippen LogP contribution in [-0.4, -0.2) is 50.9 Å². The van der Waals surface area contributed by atoms with E-state index in [2.05, 4.69) is 39.6 Å². The van der Waals surface area contributed by atoms with Gasteiger partial charge in [-0.1, -0.05) is 6.07 Å². The lowest BCUT2D eigenvalue weighted by atomic mass is 10.0. The fourth-order valence-corrected chi connectivity index (χ4v) is 3.44. The van der Waals surface area contributed by atoms with E-state index in [9.17, 15) is 0 Å². The summed E-state index contributed by atoms with van der Waals surface area (Å²) >= 11 is 1.70. The minimum atomic E-state index is 0.336. The van der Waals surface area contributed by atoms with Crippen LogP contribution in [0, 0.1) is 0 Å². The zero-order chi connectivity index (χ0) is 18.8. The summed E-state index contributed by atoms with van der Waals surface area (Å²) in [6.45, 7) is 0.771. The van der Waals surface area contributed by atoms with Crippen molar-refractivity contribution < 1.29 is 4.84 Å². The van der Waals surface area contributed by atoms with Gasteiger partial charge >= 0.3 is 0 Å². The number of pyridine rings is 1. The van der Waals surface area contributed by atoms with Gasteiger partial charge in [-0.2, -0.15) is 5.06 Å². The van der Waals surface area contributed by atoms with Gasteiger partial charge in [-0.3, -0.25) is 19.4 Å². The van der Waals surface area contributed by atoms with E-state index in [0.29, 0.717) is 13.2 Å². The first kappa shape index (κ1) is 17.8. The molecule has 0 atom stereocenters. The van der Waals surface area contributed by atoms with Gasteiger partial charge in [0.2, 0.25) is 0 Å². The Hall–Kier alpha value is -2.55. The number of rotatable bonds is 5. The molecule has 0 amide bonds. The second-order valence-electron chi connectivity index (χ2n) is 6.22. The van der Waals surface area contributed by atoms with Crippen LogP contribution in [0.15, 0.2) is 52.5 Å². The molecule has 0 bridgehead atoms. The molecule has 2 aromatic heterocycles. The van der Waals surface area contributed by atoms with Crippen LogP contribution in [0.3, 0.4) is 0 Å². The third-order valence-corrected chi connectivity index (χ3v) is 4.96. The van der Waals surface area contributed by atoms with Gasteiger partial charge in [0.25, 0.3) is 0 Å². The van der Waals surface area contributed by atoms with E-state index in [4.69, 9.17) is 9.83 Å². The van der Waals surface area contributed by atoms with Crippen LogP contribution in [0.5, 0.6) is 0 Å². The van der Waals surface area contributed by atoms with Crippen molar-refractivity contribution in [2.75, 3.05) is 20.4 Å². The lowest BCUT2D eigenvalue weighted by molar-refractivity contribution is -0.133. The Morgan fingerprint density at radius 3 is 2.81 bits per heavy atom. The zero-order valence-electron chi connectivity index (χ0n) is 15.5. The quantitative estimate of drug-likeness (QED) is 0.501. The summed E-state index contributed by atoms with van der Waals surface area (Å²) in [7, 11) is 3.70. The molecule has 8 heteroatoms. The van der Waals surface area contributed by atoms with Crippen LogP contribution in [0.25, 0.3) is 5.69 Å². The smallest absolute Gasteiger partial charge is 0.165 e. The van der Waals surface area contributed by atoms with Gasteiger partial charge in [0.1, 0.15) is 13.2 Å². The summed E-state index contributed by atoms with van der Waals surface area (Å²) in [4.78, 5) is 16.1. The number of hydroxylamine groups is 2. The van der Waals surface area contributed by atoms with Crippen molar-refractivity contribution in [3.8, 4) is 5.69 Å². The van der Waals surface area contributed by atoms with Gasteiger partial charge in [-0.15, -0.1) is 22.0 Å². The molecule has 4 rings (SSSR count). The van der Waals surface area contributed by atoms with Crippen LogP contribution in [0.2, 0.25) is 0 Å². The molecular formula is C19H20N6OS. The first-order valence-electron chi connectivity index (χ1n) is 8.55. The highest BCUT2D eigenvalue weighted by Crippen LogP contribution is 2.29. The molecule has 3 heterocycles. The predicted molar refractivity (Wildman–Crippen MR) is 105 cm³/mol. The van der Waals surface area contributed by atoms with E-state index in [-0.39, 0.29) is 0 Å². The van der Waals surface area contributed by atoms with E-state index in [0.717, 1.165) is 34.3 Å². The lowest BCUT2D eigenvalue weighted by Crippen LogP contribution is -2.16. The fourth-order valence-electron chi connectivity index (χ4n) is 3.00. The summed E-state index contributed by atoms with van der Waals surface area (Å²) in [5, 5.41) is 10.3. The maximum atomic E-state index is 5.62. The highest BCUT2D eigenvalue weighted by Gasteiger charge is 2.24. The third-order valence-electron chi connectivity index (χ3n) is 4.23. The van der Waals surface area contributed by atoms with Crippen LogP contribution in [-0.2, 0) is 18.0 Å². The molecule has 1 aliphatic heterocycles. The molecule has 0 radical (unpaired) electrons. The van der Waals surface area contributed by atoms with Crippen molar-refractivity contribution in [1.82, 2.24) is 24.8 Å². The molecule has 27 heavy (non-hydrogen) atoms. The van der Waals surface area contributed by atoms with Crippen molar-refractivity contribution in [1.29, 1.82) is 0 Å². The molecular weight excluding hydrogens is 360 g/mol. The van der Waals surface area contributed by atoms with E-state index in [1.54, 1.807) is 23.0 Å². The molecule has 0 N–H and O–H groups in total. The van der Waals surface area contributed by atoms with Gasteiger partial charge < -0.3 is 0 Å². The van der Waals surface area contributed by atoms with E-state index in [1.165, 1.54) is 4.90 Å². The van der Waals surface area contributed by atoms with E-state index in [1.807, 2.05) is 36.9 Å². The molecule has 1 aromatic carbocycles. The fraction of sp³-hybridized carbons (Fsp3) is 0.263. The largest absolute Gasteiger partial charge is 0.291 e. The molecule has 1 aliphatic rings. The minimum absolute atomic E-state index is 0.336. The molecule has 0 saturated carbocycles. The van der Waals surface area contributed by atoms with Crippen molar-refractivity contribution in [3.63, 3.8) is 0 Å². The summed E-state index contributed by atoms with van der Waals surface area (Å²) in [5.41, 5.74) is 3.73. The van der Waals surface area contributed by atoms with Crippen LogP contribution in [0.4, 0.5) is 0 Å². The van der Waals surface area contributed by atoms with Crippen LogP contribution < -0.4 is 0 Å². The number of aromatic nitrogens is 4. The zero-order valence-corrected chi connectivity index (χ0v) is 16.3. The normalized spacial score (nSPS) is 13.1. The van der Waals surface area contributed by atoms with Gasteiger partial charge in [-0.05, 0) is 36.6 Å². The molecule has 0 aliphatic carbocycles. The molecule has 0 spiro atoms. The second kappa shape index (κ2) is 7.59. The highest BCUT2D eigenvalue weighted by molar-refractivity contribution is 7.98. The first-order valence-corrected chi connectivity index (χ1v) is 9.78. The van der Waals surface area contributed by atoms with E-state index < -0.39 is 0 Å². The van der Waals surface area contributed by atoms with E-state index >= 15 is 0 Å². The molecule has 0 fully saturated rings. The highest BCUT2D eigenvalue weighted by atomic mass is 32.2. The number of nitrogens with zero attached hydrogens (tertiary/aromatic N) is 6. The predicted octanol–water partition coefficient (Wildman–Crippen LogP) is 2.73. The molecule has 7 nitrogen and oxygen atoms in total. The monoisotopic (exact) mass is 380 g/mol. The maximum absolute atomic E-state index is 5.62. The second-order valence-corrected chi connectivity index (χ2v) is 7.10. The Morgan fingerprint density at radius 1 is 1.19 bits per heavy atom. The number of hydrogen-bond acceptors (Lipinski definition) is 7. The maximum Gasteiger partial charge on any atom is 0.165 e. The Bertz CT molecular complexity index is 983. The van der Waals surface area contributed by atoms with Crippen LogP contribution >= 0.6 is 11.8 Å². The molecule has 138 valence electrons. The summed E-state index contributed by atoms with van der Waals surface area (Å²) in [6, 6.07) is 12.2. The SMILES string of the molecule is CSc1ccc2c(c1)C(c1ccccn1)=NCc1nnc(CON(C)C)n1-2. The summed E-state index contributed by atoms with van der Waals surface area (Å²) < 4.78 is 2.04. The summed E-state index contributed by atoms with van der Waals surface area (Å²) in [5.74, 6) is 1.53. The van der Waals surface area contributed by atoms with Crippen molar-refractivity contribution in [3.05, 3.63) is 65.5 Å². The lowest BCUT2D eigenvalue weighted by Gasteiger charge is -2.15. The Labute approximate surface area is 162 Å². The molecule has 0 saturated heterocycles. The topological polar surface area (TPSA) is 68.4 Å². The first-order chi connectivity index (χ1) is 13.2. The van der Waals surface area contributed by atoms with Crippen molar-refractivity contribution >= 4 is 17.5 Å². The number of hydrogen-bond donors (Lipinski definition) is 0. The Kier molecular flexibility index (Phi) is 5.02. The number of aliphatic imine (C=N–C) groups is 1. The number of benzene rings is 1. The van der Waals surface area contributed by atoms with Gasteiger partial charge in [0.05, 0.1) is 17.1 Å². The Morgan fingerprint density at radius 2 is 2.07 bits per heavy atom. The van der Waals surface area contributed by atoms with Crippen molar-refractivity contribution in [2.45, 2.75) is 18.0 Å². The summed E-state index contributed by atoms with van der Waals surface area (Å²) in [6.07, 6.45) is 3.86. The average Bonchev–Trinajstić information content (AvgIpc) is 3.02. The third kappa shape index (κ3) is 3.51. The van der Waals surface area contributed by atoms with Gasteiger partial charge in [0, 0.05) is 30.8 Å². The Balaban J connectivity index is 1.88. The number of thioether (sulfide) groups is 1. The van der Waals surface area contributed by atoms with Gasteiger partial charge in [-0.25, -0.2) is 0 Å².